The number of ether oxygens (including phenoxy) is 2. The molecule has 0 saturated heterocycles. The molecule has 0 radical (unpaired) electrons. The van der Waals surface area contributed by atoms with Gasteiger partial charge in [-0.2, -0.15) is 0 Å². The molecule has 0 saturated carbocycles. The van der Waals surface area contributed by atoms with Gasteiger partial charge >= 0.3 is 0 Å². The van der Waals surface area contributed by atoms with Crippen molar-refractivity contribution in [3.8, 4) is 5.75 Å². The molecular weight excluding hydrogens is 266 g/mol. The van der Waals surface area contributed by atoms with Crippen LogP contribution in [0.3, 0.4) is 0 Å². The monoisotopic (exact) mass is 281 g/mol. The highest BCUT2D eigenvalue weighted by Crippen LogP contribution is 2.29. The molecular formula is C13H16ClN3O2. The van der Waals surface area contributed by atoms with Crippen LogP contribution in [0.25, 0.3) is 0 Å². The second-order valence-electron chi connectivity index (χ2n) is 3.91. The number of imidazole rings is 1. The number of anilines is 2. The van der Waals surface area contributed by atoms with Gasteiger partial charge in [0.1, 0.15) is 5.75 Å². The SMILES string of the molecule is COCCn1ccnc1Nc1cc(Cl)ccc1OC. The summed E-state index contributed by atoms with van der Waals surface area (Å²) in [6.45, 7) is 1.35. The zero-order valence-electron chi connectivity index (χ0n) is 10.9. The fraction of sp³-hybridized carbons (Fsp3) is 0.308. The maximum atomic E-state index is 5.99. The minimum Gasteiger partial charge on any atom is -0.495 e. The summed E-state index contributed by atoms with van der Waals surface area (Å²) in [5.41, 5.74) is 0.778. The Morgan fingerprint density at radius 3 is 2.95 bits per heavy atom. The molecule has 0 amide bonds. The maximum Gasteiger partial charge on any atom is 0.207 e. The number of halogens is 1. The van der Waals surface area contributed by atoms with Gasteiger partial charge in [0.25, 0.3) is 0 Å². The first-order valence-corrected chi connectivity index (χ1v) is 6.23. The highest BCUT2D eigenvalue weighted by molar-refractivity contribution is 6.30. The number of benzene rings is 1. The van der Waals surface area contributed by atoms with Crippen molar-refractivity contribution in [1.29, 1.82) is 0 Å². The number of hydrogen-bond acceptors (Lipinski definition) is 4. The van der Waals surface area contributed by atoms with Gasteiger partial charge in [0.05, 0.1) is 19.4 Å². The molecule has 5 nitrogen and oxygen atoms in total. The lowest BCUT2D eigenvalue weighted by molar-refractivity contribution is 0.188. The summed E-state index contributed by atoms with van der Waals surface area (Å²) in [6, 6.07) is 5.39. The number of aromatic nitrogens is 2. The van der Waals surface area contributed by atoms with E-state index in [1.165, 1.54) is 0 Å². The third-order valence-electron chi connectivity index (χ3n) is 2.66. The van der Waals surface area contributed by atoms with E-state index in [-0.39, 0.29) is 0 Å². The highest BCUT2D eigenvalue weighted by atomic mass is 35.5. The largest absolute Gasteiger partial charge is 0.495 e. The Bertz CT molecular complexity index is 542. The smallest absolute Gasteiger partial charge is 0.207 e. The molecule has 2 rings (SSSR count). The van der Waals surface area contributed by atoms with Crippen LogP contribution in [-0.2, 0) is 11.3 Å². The minimum atomic E-state index is 0.623. The van der Waals surface area contributed by atoms with E-state index >= 15 is 0 Å². The van der Waals surface area contributed by atoms with E-state index in [1.54, 1.807) is 32.5 Å². The number of nitrogens with one attached hydrogen (secondary N) is 1. The molecule has 0 aliphatic heterocycles. The van der Waals surface area contributed by atoms with Gasteiger partial charge in [-0.1, -0.05) is 11.6 Å². The van der Waals surface area contributed by atoms with Gasteiger partial charge < -0.3 is 19.4 Å². The molecule has 0 atom stereocenters. The van der Waals surface area contributed by atoms with Crippen LogP contribution in [0.4, 0.5) is 11.6 Å². The highest BCUT2D eigenvalue weighted by Gasteiger charge is 2.08. The molecule has 102 valence electrons. The molecule has 0 spiro atoms. The Hall–Kier alpha value is -1.72. The first-order chi connectivity index (χ1) is 9.24. The molecule has 19 heavy (non-hydrogen) atoms. The van der Waals surface area contributed by atoms with Crippen molar-refractivity contribution in [2.75, 3.05) is 26.1 Å². The van der Waals surface area contributed by atoms with E-state index in [4.69, 9.17) is 21.1 Å². The van der Waals surface area contributed by atoms with Crippen LogP contribution >= 0.6 is 11.6 Å². The van der Waals surface area contributed by atoms with Crippen LogP contribution in [0.15, 0.2) is 30.6 Å². The molecule has 1 aromatic heterocycles. The van der Waals surface area contributed by atoms with E-state index in [2.05, 4.69) is 10.3 Å². The van der Waals surface area contributed by atoms with E-state index in [0.717, 1.165) is 18.2 Å². The summed E-state index contributed by atoms with van der Waals surface area (Å²) in [5.74, 6) is 1.43. The van der Waals surface area contributed by atoms with Crippen molar-refractivity contribution < 1.29 is 9.47 Å². The fourth-order valence-electron chi connectivity index (χ4n) is 1.70. The third-order valence-corrected chi connectivity index (χ3v) is 2.89. The minimum absolute atomic E-state index is 0.623. The summed E-state index contributed by atoms with van der Waals surface area (Å²) in [5, 5.41) is 3.85. The van der Waals surface area contributed by atoms with Crippen LogP contribution in [0.2, 0.25) is 5.02 Å². The van der Waals surface area contributed by atoms with Gasteiger partial charge in [-0.05, 0) is 18.2 Å². The summed E-state index contributed by atoms with van der Waals surface area (Å²) in [7, 11) is 3.29. The Labute approximate surface area is 117 Å². The van der Waals surface area contributed by atoms with E-state index in [9.17, 15) is 0 Å². The average Bonchev–Trinajstić information content (AvgIpc) is 2.84. The van der Waals surface area contributed by atoms with Crippen molar-refractivity contribution in [2.45, 2.75) is 6.54 Å². The Kier molecular flexibility index (Phi) is 4.65. The van der Waals surface area contributed by atoms with Crippen LogP contribution in [0.1, 0.15) is 0 Å². The lowest BCUT2D eigenvalue weighted by Crippen LogP contribution is -2.07. The van der Waals surface area contributed by atoms with Crippen molar-refractivity contribution in [2.24, 2.45) is 0 Å². The Morgan fingerprint density at radius 2 is 2.21 bits per heavy atom. The van der Waals surface area contributed by atoms with Crippen molar-refractivity contribution in [1.82, 2.24) is 9.55 Å². The molecule has 0 aliphatic rings. The number of hydrogen-bond donors (Lipinski definition) is 1. The summed E-state index contributed by atoms with van der Waals surface area (Å²) in [6.07, 6.45) is 3.62. The van der Waals surface area contributed by atoms with Crippen molar-refractivity contribution in [3.05, 3.63) is 35.6 Å². The van der Waals surface area contributed by atoms with Crippen LogP contribution in [-0.4, -0.2) is 30.4 Å². The van der Waals surface area contributed by atoms with Crippen molar-refractivity contribution >= 4 is 23.2 Å². The molecule has 6 heteroatoms. The maximum absolute atomic E-state index is 5.99. The van der Waals surface area contributed by atoms with Crippen LogP contribution in [0, 0.1) is 0 Å². The van der Waals surface area contributed by atoms with Gasteiger partial charge in [-0.3, -0.25) is 0 Å². The molecule has 0 fully saturated rings. The van der Waals surface area contributed by atoms with Gasteiger partial charge in [0.2, 0.25) is 5.95 Å². The Morgan fingerprint density at radius 1 is 1.37 bits per heavy atom. The van der Waals surface area contributed by atoms with Crippen molar-refractivity contribution in [3.63, 3.8) is 0 Å². The zero-order chi connectivity index (χ0) is 13.7. The lowest BCUT2D eigenvalue weighted by Gasteiger charge is -2.12. The number of methoxy groups -OCH3 is 2. The third kappa shape index (κ3) is 3.39. The normalized spacial score (nSPS) is 10.5. The molecule has 0 unspecified atom stereocenters. The van der Waals surface area contributed by atoms with Gasteiger partial charge in [-0.15, -0.1) is 0 Å². The second-order valence-corrected chi connectivity index (χ2v) is 4.34. The summed E-state index contributed by atoms with van der Waals surface area (Å²) in [4.78, 5) is 4.27. The lowest BCUT2D eigenvalue weighted by atomic mass is 10.3. The molecule has 1 heterocycles. The first-order valence-electron chi connectivity index (χ1n) is 5.85. The number of nitrogens with zero attached hydrogens (tertiary/aromatic N) is 2. The second kappa shape index (κ2) is 6.45. The van der Waals surface area contributed by atoms with Gasteiger partial charge in [0.15, 0.2) is 0 Å². The standard InChI is InChI=1S/C13H16ClN3O2/c1-18-8-7-17-6-5-15-13(17)16-11-9-10(14)3-4-12(11)19-2/h3-6,9H,7-8H2,1-2H3,(H,15,16). The van der Waals surface area contributed by atoms with E-state index < -0.39 is 0 Å². The first kappa shape index (κ1) is 13.7. The molecule has 1 N–H and O–H groups in total. The Balaban J connectivity index is 2.21. The van der Waals surface area contributed by atoms with Gasteiger partial charge in [-0.25, -0.2) is 4.98 Å². The predicted octanol–water partition coefficient (Wildman–Crippen LogP) is 2.94. The van der Waals surface area contributed by atoms with Crippen LogP contribution in [0.5, 0.6) is 5.75 Å². The molecule has 0 aliphatic carbocycles. The fourth-order valence-corrected chi connectivity index (χ4v) is 1.87. The molecule has 0 bridgehead atoms. The summed E-state index contributed by atoms with van der Waals surface area (Å²) < 4.78 is 12.3. The van der Waals surface area contributed by atoms with Crippen LogP contribution < -0.4 is 10.1 Å². The zero-order valence-corrected chi connectivity index (χ0v) is 11.6. The topological polar surface area (TPSA) is 48.3 Å². The average molecular weight is 282 g/mol. The quantitative estimate of drug-likeness (QED) is 0.884. The van der Waals surface area contributed by atoms with Gasteiger partial charge in [0, 0.05) is 31.1 Å². The summed E-state index contributed by atoms with van der Waals surface area (Å²) >= 11 is 5.99. The number of rotatable bonds is 6. The molecule has 1 aromatic carbocycles. The predicted molar refractivity (Wildman–Crippen MR) is 75.4 cm³/mol. The molecule has 2 aromatic rings. The van der Waals surface area contributed by atoms with E-state index in [0.29, 0.717) is 17.4 Å². The van der Waals surface area contributed by atoms with E-state index in [1.807, 2.05) is 16.8 Å².